The third-order valence-corrected chi connectivity index (χ3v) is 8.46. The van der Waals surface area contributed by atoms with Crippen LogP contribution in [0.25, 0.3) is 0 Å². The van der Waals surface area contributed by atoms with E-state index >= 15 is 0 Å². The Hall–Kier alpha value is -3.02. The Balaban J connectivity index is 1.80. The van der Waals surface area contributed by atoms with Gasteiger partial charge in [-0.3, -0.25) is 0 Å². The number of nitrogens with one attached hydrogen (secondary N) is 1. The summed E-state index contributed by atoms with van der Waals surface area (Å²) in [5.74, 6) is 1.49. The van der Waals surface area contributed by atoms with Crippen molar-refractivity contribution in [3.8, 4) is 23.0 Å². The van der Waals surface area contributed by atoms with Crippen molar-refractivity contribution in [3.05, 3.63) is 81.9 Å². The molecule has 0 atom stereocenters. The fraction of sp³-hybridized carbons (Fsp3) is 0.333. The summed E-state index contributed by atoms with van der Waals surface area (Å²) < 4.78 is 19.1. The number of alkyl halides is 1. The third kappa shape index (κ3) is 9.00. The van der Waals surface area contributed by atoms with Crippen LogP contribution in [-0.4, -0.2) is 46.9 Å². The van der Waals surface area contributed by atoms with E-state index in [-0.39, 0.29) is 16.3 Å². The van der Waals surface area contributed by atoms with Crippen LogP contribution in [0.2, 0.25) is 5.02 Å². The van der Waals surface area contributed by atoms with Gasteiger partial charge < -0.3 is 5.11 Å². The van der Waals surface area contributed by atoms with Gasteiger partial charge in [-0.15, -0.1) is 0 Å². The zero-order valence-corrected chi connectivity index (χ0v) is 26.3. The van der Waals surface area contributed by atoms with Gasteiger partial charge in [0.25, 0.3) is 0 Å². The van der Waals surface area contributed by atoms with Gasteiger partial charge in [0.15, 0.2) is 0 Å². The number of halogens is 2. The topological polar surface area (TPSA) is 92.6 Å². The normalized spacial score (nSPS) is 11.4. The quantitative estimate of drug-likeness (QED) is 0.0894. The van der Waals surface area contributed by atoms with Crippen molar-refractivity contribution < 1.29 is 44.1 Å². The van der Waals surface area contributed by atoms with Crippen LogP contribution < -0.4 is 39.6 Å². The average molecular weight is 681 g/mol. The van der Waals surface area contributed by atoms with Crippen molar-refractivity contribution >= 4 is 23.7 Å². The summed E-state index contributed by atoms with van der Waals surface area (Å²) in [5, 5.41) is 13.7. The van der Waals surface area contributed by atoms with Gasteiger partial charge in [0.05, 0.1) is 0 Å². The van der Waals surface area contributed by atoms with Crippen LogP contribution >= 0.6 is 11.6 Å². The molecule has 0 aromatic heterocycles. The Labute approximate surface area is 252 Å². The monoisotopic (exact) mass is 680 g/mol. The predicted octanol–water partition coefficient (Wildman–Crippen LogP) is 3.20. The summed E-state index contributed by atoms with van der Waals surface area (Å²) in [5.41, 5.74) is 5.72. The van der Waals surface area contributed by atoms with E-state index in [0.717, 1.165) is 23.2 Å². The third-order valence-electron chi connectivity index (χ3n) is 6.13. The number of phenols is 1. The SMILES string of the molecule is CCN(CC)C[I-]Oc1cc(/C=N/NC(=O)c2ccc(O)c(Cl)c2)cc(OC)c1OCc1ccc(C(C)C)cc1. The van der Waals surface area contributed by atoms with Gasteiger partial charge in [-0.1, -0.05) is 0 Å². The molecule has 3 aromatic rings. The van der Waals surface area contributed by atoms with Gasteiger partial charge in [0.2, 0.25) is 0 Å². The molecule has 0 unspecified atom stereocenters. The number of hydrogen-bond acceptors (Lipinski definition) is 7. The number of nitrogens with zero attached hydrogens (tertiary/aromatic N) is 2. The molecule has 216 valence electrons. The van der Waals surface area contributed by atoms with Crippen LogP contribution in [0.15, 0.2) is 59.7 Å². The zero-order chi connectivity index (χ0) is 29.1. The molecule has 40 heavy (non-hydrogen) atoms. The number of carbonyl (C=O) groups is 1. The number of ether oxygens (including phenoxy) is 2. The van der Waals surface area contributed by atoms with Crippen molar-refractivity contribution in [1.29, 1.82) is 0 Å². The van der Waals surface area contributed by atoms with E-state index < -0.39 is 27.5 Å². The first kappa shape index (κ1) is 31.5. The van der Waals surface area contributed by atoms with E-state index in [1.165, 1.54) is 30.0 Å². The number of hydrogen-bond donors (Lipinski definition) is 2. The van der Waals surface area contributed by atoms with Gasteiger partial charge in [0, 0.05) is 0 Å². The number of amides is 1. The van der Waals surface area contributed by atoms with Gasteiger partial charge in [-0.25, -0.2) is 0 Å². The van der Waals surface area contributed by atoms with Gasteiger partial charge >= 0.3 is 248 Å². The Kier molecular flexibility index (Phi) is 12.4. The fourth-order valence-corrected chi connectivity index (χ4v) is 5.94. The molecule has 0 saturated heterocycles. The molecule has 10 heteroatoms. The number of hydrazone groups is 1. The summed E-state index contributed by atoms with van der Waals surface area (Å²) in [6.07, 6.45) is 1.51. The van der Waals surface area contributed by atoms with Gasteiger partial charge in [-0.2, -0.15) is 0 Å². The van der Waals surface area contributed by atoms with Crippen LogP contribution in [-0.2, 0) is 6.61 Å². The van der Waals surface area contributed by atoms with Crippen LogP contribution in [0.5, 0.6) is 23.0 Å². The first-order valence-corrected chi connectivity index (χ1v) is 15.8. The number of rotatable bonds is 14. The van der Waals surface area contributed by atoms with Crippen molar-refractivity contribution in [2.24, 2.45) is 5.10 Å². The molecule has 0 radical (unpaired) electrons. The van der Waals surface area contributed by atoms with Crippen LogP contribution in [0.3, 0.4) is 0 Å². The van der Waals surface area contributed by atoms with E-state index in [9.17, 15) is 9.90 Å². The maximum absolute atomic E-state index is 12.4. The number of aromatic hydroxyl groups is 1. The summed E-state index contributed by atoms with van der Waals surface area (Å²) in [6.45, 7) is 10.9. The maximum atomic E-state index is 12.4. The van der Waals surface area contributed by atoms with E-state index in [1.807, 2.05) is 6.07 Å². The number of carbonyl (C=O) groups excluding carboxylic acids is 1. The van der Waals surface area contributed by atoms with E-state index in [0.29, 0.717) is 35.3 Å². The molecular formula is C30H36ClIN3O5-. The molecule has 0 heterocycles. The van der Waals surface area contributed by atoms with Crippen LogP contribution in [0.4, 0.5) is 0 Å². The molecule has 0 saturated carbocycles. The molecule has 3 rings (SSSR count). The first-order valence-electron chi connectivity index (χ1n) is 13.0. The Morgan fingerprint density at radius 3 is 2.42 bits per heavy atom. The molecule has 0 aliphatic carbocycles. The van der Waals surface area contributed by atoms with Crippen LogP contribution in [0, 0.1) is 0 Å². The molecule has 1 amide bonds. The Morgan fingerprint density at radius 1 is 1.10 bits per heavy atom. The van der Waals surface area contributed by atoms with Crippen LogP contribution in [0.1, 0.15) is 60.7 Å². The minimum absolute atomic E-state index is 0.0858. The minimum atomic E-state index is -0.651. The predicted molar refractivity (Wildman–Crippen MR) is 154 cm³/mol. The van der Waals surface area contributed by atoms with Crippen molar-refractivity contribution in [2.75, 3.05) is 24.8 Å². The van der Waals surface area contributed by atoms with Gasteiger partial charge in [0.1, 0.15) is 0 Å². The average Bonchev–Trinajstić information content (AvgIpc) is 2.96. The standard InChI is InChI=1S/C30H36ClIN3O5/c1-6-35(7-2)19-32-40-28-15-22(17-33-34-30(37)24-12-13-26(36)25(31)16-24)14-27(38-5)29(28)39-18-21-8-10-23(11-9-21)20(3)4/h8-17,20,36H,6-7,18-19H2,1-5H3,(H,34,37)/q-1/b33-17+. The zero-order valence-electron chi connectivity index (χ0n) is 23.4. The van der Waals surface area contributed by atoms with Crippen molar-refractivity contribution in [3.63, 3.8) is 0 Å². The second-order valence-electron chi connectivity index (χ2n) is 9.21. The fourth-order valence-electron chi connectivity index (χ4n) is 3.60. The molecule has 0 bridgehead atoms. The second kappa shape index (κ2) is 15.7. The number of benzene rings is 3. The van der Waals surface area contributed by atoms with E-state index in [2.05, 4.69) is 67.4 Å². The molecule has 0 aliphatic heterocycles. The molecule has 0 spiro atoms. The summed E-state index contributed by atoms with van der Waals surface area (Å²) in [6, 6.07) is 16.2. The molecular weight excluding hydrogens is 645 g/mol. The second-order valence-corrected chi connectivity index (χ2v) is 11.4. The molecule has 3 aromatic carbocycles. The molecule has 8 nitrogen and oxygen atoms in total. The Bertz CT molecular complexity index is 1300. The summed E-state index contributed by atoms with van der Waals surface area (Å²) in [4.78, 5) is 14.8. The summed E-state index contributed by atoms with van der Waals surface area (Å²) >= 11 is 5.26. The number of methoxy groups -OCH3 is 1. The summed E-state index contributed by atoms with van der Waals surface area (Å²) in [7, 11) is 1.58. The molecule has 0 aliphatic rings. The Morgan fingerprint density at radius 2 is 1.80 bits per heavy atom. The number of phenolic OH excluding ortho intramolecular Hbond substituents is 1. The van der Waals surface area contributed by atoms with Crippen molar-refractivity contribution in [2.45, 2.75) is 40.2 Å². The van der Waals surface area contributed by atoms with Gasteiger partial charge in [-0.05, 0) is 0 Å². The van der Waals surface area contributed by atoms with E-state index in [1.54, 1.807) is 13.2 Å². The molecule has 0 fully saturated rings. The molecule has 2 N–H and O–H groups in total. The van der Waals surface area contributed by atoms with Crippen molar-refractivity contribution in [1.82, 2.24) is 10.3 Å². The first-order chi connectivity index (χ1) is 19.2. The van der Waals surface area contributed by atoms with E-state index in [4.69, 9.17) is 24.1 Å².